The van der Waals surface area contributed by atoms with Crippen LogP contribution in [0.1, 0.15) is 32.4 Å². The number of hydrogen-bond acceptors (Lipinski definition) is 7. The number of aromatic nitrogens is 4. The first kappa shape index (κ1) is 22.8. The standard InChI is InChI=1S/C23H27FN6O3/c1-4-10-26-22-27-11-9-16(28-22)18-17(14-5-7-15(24)8-6-14)29-19(30-18)20-32-12-23(2,13-33-20)21(31)25-3/h5-9,11,20H,4,10,12-13H2,1-3H3,(H,25,31)(H,29,30)(H,26,27,28). The Morgan fingerprint density at radius 1 is 1.21 bits per heavy atom. The van der Waals surface area contributed by atoms with Crippen molar-refractivity contribution in [3.63, 3.8) is 0 Å². The maximum atomic E-state index is 13.5. The SMILES string of the molecule is CCCNc1nccc(-c2[nH]c(C3OCC(C)(C(=O)NC)CO3)nc2-c2ccc(F)cc2)n1. The topological polar surface area (TPSA) is 114 Å². The number of rotatable bonds is 7. The van der Waals surface area contributed by atoms with E-state index in [9.17, 15) is 9.18 Å². The van der Waals surface area contributed by atoms with Gasteiger partial charge >= 0.3 is 0 Å². The molecular weight excluding hydrogens is 427 g/mol. The average molecular weight is 455 g/mol. The van der Waals surface area contributed by atoms with Crippen LogP contribution < -0.4 is 10.6 Å². The summed E-state index contributed by atoms with van der Waals surface area (Å²) in [6.45, 7) is 4.95. The number of benzene rings is 1. The number of aromatic amines is 1. The second-order valence-electron chi connectivity index (χ2n) is 8.14. The Hall–Kier alpha value is -3.37. The van der Waals surface area contributed by atoms with E-state index >= 15 is 0 Å². The molecule has 1 aromatic carbocycles. The zero-order valence-electron chi connectivity index (χ0n) is 18.8. The van der Waals surface area contributed by atoms with Gasteiger partial charge in [-0.15, -0.1) is 0 Å². The highest BCUT2D eigenvalue weighted by molar-refractivity contribution is 5.82. The Morgan fingerprint density at radius 3 is 2.61 bits per heavy atom. The number of hydrogen-bond donors (Lipinski definition) is 3. The molecule has 0 saturated carbocycles. The monoisotopic (exact) mass is 454 g/mol. The van der Waals surface area contributed by atoms with Gasteiger partial charge in [0.15, 0.2) is 5.82 Å². The summed E-state index contributed by atoms with van der Waals surface area (Å²) >= 11 is 0. The van der Waals surface area contributed by atoms with Crippen molar-refractivity contribution >= 4 is 11.9 Å². The van der Waals surface area contributed by atoms with Gasteiger partial charge < -0.3 is 25.1 Å². The van der Waals surface area contributed by atoms with E-state index < -0.39 is 11.7 Å². The molecule has 0 spiro atoms. The molecule has 1 aliphatic heterocycles. The van der Waals surface area contributed by atoms with Crippen LogP contribution in [-0.2, 0) is 14.3 Å². The number of nitrogens with one attached hydrogen (secondary N) is 3. The van der Waals surface area contributed by atoms with Crippen molar-refractivity contribution in [2.24, 2.45) is 5.41 Å². The number of ether oxygens (including phenoxy) is 2. The van der Waals surface area contributed by atoms with Crippen molar-refractivity contribution in [1.82, 2.24) is 25.3 Å². The lowest BCUT2D eigenvalue weighted by molar-refractivity contribution is -0.230. The van der Waals surface area contributed by atoms with Gasteiger partial charge in [-0.3, -0.25) is 4.79 Å². The van der Waals surface area contributed by atoms with Gasteiger partial charge in [0, 0.05) is 25.4 Å². The predicted molar refractivity (Wildman–Crippen MR) is 121 cm³/mol. The summed E-state index contributed by atoms with van der Waals surface area (Å²) in [5, 5.41) is 5.81. The summed E-state index contributed by atoms with van der Waals surface area (Å²) in [4.78, 5) is 29.0. The van der Waals surface area contributed by atoms with E-state index in [-0.39, 0.29) is 24.9 Å². The van der Waals surface area contributed by atoms with Gasteiger partial charge in [0.25, 0.3) is 0 Å². The first-order valence-corrected chi connectivity index (χ1v) is 10.8. The van der Waals surface area contributed by atoms with E-state index in [0.717, 1.165) is 13.0 Å². The van der Waals surface area contributed by atoms with Gasteiger partial charge in [-0.25, -0.2) is 19.3 Å². The Labute approximate surface area is 191 Å². The van der Waals surface area contributed by atoms with Gasteiger partial charge in [0.1, 0.15) is 5.82 Å². The fourth-order valence-corrected chi connectivity index (χ4v) is 3.52. The second kappa shape index (κ2) is 9.63. The molecule has 0 unspecified atom stereocenters. The van der Waals surface area contributed by atoms with Crippen molar-refractivity contribution in [3.05, 3.63) is 48.2 Å². The van der Waals surface area contributed by atoms with Gasteiger partial charge in [0.05, 0.1) is 35.7 Å². The number of carbonyl (C=O) groups is 1. The van der Waals surface area contributed by atoms with Crippen molar-refractivity contribution in [1.29, 1.82) is 0 Å². The number of H-pyrrole nitrogens is 1. The van der Waals surface area contributed by atoms with E-state index in [2.05, 4.69) is 32.5 Å². The van der Waals surface area contributed by atoms with Crippen molar-refractivity contribution in [3.8, 4) is 22.6 Å². The van der Waals surface area contributed by atoms with E-state index in [4.69, 9.17) is 14.5 Å². The molecule has 10 heteroatoms. The first-order chi connectivity index (χ1) is 15.9. The highest BCUT2D eigenvalue weighted by Gasteiger charge is 2.40. The summed E-state index contributed by atoms with van der Waals surface area (Å²) in [7, 11) is 1.58. The zero-order valence-corrected chi connectivity index (χ0v) is 18.8. The second-order valence-corrected chi connectivity index (χ2v) is 8.14. The van der Waals surface area contributed by atoms with E-state index in [0.29, 0.717) is 34.4 Å². The van der Waals surface area contributed by atoms with Crippen LogP contribution >= 0.6 is 0 Å². The normalized spacial score (nSPS) is 20.4. The Bertz CT molecular complexity index is 1110. The Morgan fingerprint density at radius 2 is 1.94 bits per heavy atom. The third-order valence-corrected chi connectivity index (χ3v) is 5.39. The molecule has 2 aromatic heterocycles. The molecule has 174 valence electrons. The molecule has 33 heavy (non-hydrogen) atoms. The maximum absolute atomic E-state index is 13.5. The van der Waals surface area contributed by atoms with Crippen molar-refractivity contribution < 1.29 is 18.7 Å². The van der Waals surface area contributed by atoms with E-state index in [1.165, 1.54) is 12.1 Å². The summed E-state index contributed by atoms with van der Waals surface area (Å²) in [5.74, 6) is 0.449. The van der Waals surface area contributed by atoms with Crippen LogP contribution in [0.5, 0.6) is 0 Å². The van der Waals surface area contributed by atoms with Gasteiger partial charge in [0.2, 0.25) is 18.1 Å². The number of anilines is 1. The van der Waals surface area contributed by atoms with Crippen LogP contribution in [0.3, 0.4) is 0 Å². The number of imidazole rings is 1. The number of amides is 1. The van der Waals surface area contributed by atoms with E-state index in [1.807, 2.05) is 0 Å². The first-order valence-electron chi connectivity index (χ1n) is 10.8. The van der Waals surface area contributed by atoms with Crippen LogP contribution in [0.15, 0.2) is 36.5 Å². The molecule has 0 aliphatic carbocycles. The number of nitrogens with zero attached hydrogens (tertiary/aromatic N) is 3. The summed E-state index contributed by atoms with van der Waals surface area (Å²) in [5.41, 5.74) is 1.75. The highest BCUT2D eigenvalue weighted by atomic mass is 19.1. The number of halogens is 1. The molecule has 1 amide bonds. The van der Waals surface area contributed by atoms with Crippen LogP contribution in [0, 0.1) is 11.2 Å². The fourth-order valence-electron chi connectivity index (χ4n) is 3.52. The molecule has 0 atom stereocenters. The molecule has 0 bridgehead atoms. The molecule has 0 radical (unpaired) electrons. The van der Waals surface area contributed by atoms with Gasteiger partial charge in [-0.1, -0.05) is 6.92 Å². The van der Waals surface area contributed by atoms with Crippen molar-refractivity contribution in [2.75, 3.05) is 32.1 Å². The quantitative estimate of drug-likeness (QED) is 0.502. The Balaban J connectivity index is 1.68. The predicted octanol–water partition coefficient (Wildman–Crippen LogP) is 3.29. The molecule has 9 nitrogen and oxygen atoms in total. The average Bonchev–Trinajstić information content (AvgIpc) is 3.28. The Kier molecular flexibility index (Phi) is 6.66. The van der Waals surface area contributed by atoms with Crippen LogP contribution in [0.2, 0.25) is 0 Å². The van der Waals surface area contributed by atoms with Crippen LogP contribution in [0.4, 0.5) is 10.3 Å². The molecule has 3 heterocycles. The van der Waals surface area contributed by atoms with Gasteiger partial charge in [-0.05, 0) is 43.7 Å². The smallest absolute Gasteiger partial charge is 0.230 e. The molecular formula is C23H27FN6O3. The minimum atomic E-state index is -0.785. The van der Waals surface area contributed by atoms with Gasteiger partial charge in [-0.2, -0.15) is 0 Å². The lowest BCUT2D eigenvalue weighted by Gasteiger charge is -2.34. The minimum Gasteiger partial charge on any atom is -0.359 e. The fraction of sp³-hybridized carbons (Fsp3) is 0.391. The lowest BCUT2D eigenvalue weighted by atomic mass is 9.91. The van der Waals surface area contributed by atoms with E-state index in [1.54, 1.807) is 38.4 Å². The largest absolute Gasteiger partial charge is 0.359 e. The summed E-state index contributed by atoms with van der Waals surface area (Å²) in [6, 6.07) is 7.84. The molecule has 3 N–H and O–H groups in total. The third-order valence-electron chi connectivity index (χ3n) is 5.39. The molecule has 4 rings (SSSR count). The van der Waals surface area contributed by atoms with Crippen LogP contribution in [-0.4, -0.2) is 52.6 Å². The third kappa shape index (κ3) is 4.86. The highest BCUT2D eigenvalue weighted by Crippen LogP contribution is 2.35. The number of carbonyl (C=O) groups excluding carboxylic acids is 1. The van der Waals surface area contributed by atoms with Crippen molar-refractivity contribution in [2.45, 2.75) is 26.6 Å². The maximum Gasteiger partial charge on any atom is 0.230 e. The molecule has 3 aromatic rings. The summed E-state index contributed by atoms with van der Waals surface area (Å²) in [6.07, 6.45) is 1.82. The minimum absolute atomic E-state index is 0.152. The van der Waals surface area contributed by atoms with Crippen LogP contribution in [0.25, 0.3) is 22.6 Å². The molecule has 1 aliphatic rings. The molecule has 1 fully saturated rings. The lowest BCUT2D eigenvalue weighted by Crippen LogP contribution is -2.47. The molecule has 1 saturated heterocycles. The summed E-state index contributed by atoms with van der Waals surface area (Å²) < 4.78 is 25.2. The zero-order chi connectivity index (χ0) is 23.4.